The summed E-state index contributed by atoms with van der Waals surface area (Å²) in [6, 6.07) is 6.17. The predicted molar refractivity (Wildman–Crippen MR) is 77.5 cm³/mol. The molecule has 1 atom stereocenters. The Morgan fingerprint density at radius 2 is 2.37 bits per heavy atom. The van der Waals surface area contributed by atoms with Gasteiger partial charge in [-0.2, -0.15) is 0 Å². The van der Waals surface area contributed by atoms with Crippen molar-refractivity contribution in [3.05, 3.63) is 29.0 Å². The summed E-state index contributed by atoms with van der Waals surface area (Å²) >= 11 is 6.20. The van der Waals surface area contributed by atoms with Crippen molar-refractivity contribution in [2.24, 2.45) is 12.0 Å². The first-order chi connectivity index (χ1) is 9.15. The Balaban J connectivity index is 1.82. The Bertz CT molecular complexity index is 646. The molecule has 0 aliphatic carbocycles. The van der Waals surface area contributed by atoms with E-state index < -0.39 is 0 Å². The first kappa shape index (κ1) is 12.3. The summed E-state index contributed by atoms with van der Waals surface area (Å²) in [6.07, 6.45) is 0. The SMILES string of the molecule is CC1CN=C(NCc2nc3cccc(Cl)c3n2C)N1. The van der Waals surface area contributed by atoms with E-state index in [-0.39, 0.29) is 0 Å². The van der Waals surface area contributed by atoms with Crippen molar-refractivity contribution in [2.75, 3.05) is 6.54 Å². The van der Waals surface area contributed by atoms with Crippen LogP contribution in [0.15, 0.2) is 23.2 Å². The number of aryl methyl sites for hydroxylation is 1. The van der Waals surface area contributed by atoms with E-state index in [1.807, 2.05) is 29.8 Å². The molecule has 0 bridgehead atoms. The van der Waals surface area contributed by atoms with E-state index >= 15 is 0 Å². The number of nitrogens with one attached hydrogen (secondary N) is 2. The standard InChI is InChI=1S/C13H16ClN5/c1-8-6-15-13(17-8)16-7-11-18-10-5-3-4-9(14)12(10)19(11)2/h3-5,8H,6-7H2,1-2H3,(H2,15,16,17). The van der Waals surface area contributed by atoms with Gasteiger partial charge in [-0.1, -0.05) is 17.7 Å². The number of fused-ring (bicyclic) bond motifs is 1. The molecule has 0 amide bonds. The number of imidazole rings is 1. The van der Waals surface area contributed by atoms with Gasteiger partial charge in [0, 0.05) is 13.1 Å². The second-order valence-electron chi connectivity index (χ2n) is 4.78. The van der Waals surface area contributed by atoms with E-state index in [1.165, 1.54) is 0 Å². The fourth-order valence-corrected chi connectivity index (χ4v) is 2.55. The van der Waals surface area contributed by atoms with Crippen molar-refractivity contribution in [3.8, 4) is 0 Å². The third-order valence-corrected chi connectivity index (χ3v) is 3.56. The van der Waals surface area contributed by atoms with Crippen LogP contribution in [0.4, 0.5) is 0 Å². The highest BCUT2D eigenvalue weighted by molar-refractivity contribution is 6.35. The van der Waals surface area contributed by atoms with Crippen LogP contribution < -0.4 is 10.6 Å². The van der Waals surface area contributed by atoms with E-state index in [1.54, 1.807) is 0 Å². The Hall–Kier alpha value is -1.75. The minimum Gasteiger partial charge on any atom is -0.352 e. The molecule has 1 aromatic carbocycles. The molecular formula is C13H16ClN5. The van der Waals surface area contributed by atoms with Gasteiger partial charge in [0.1, 0.15) is 5.82 Å². The second kappa shape index (κ2) is 4.74. The zero-order valence-electron chi connectivity index (χ0n) is 10.9. The zero-order chi connectivity index (χ0) is 13.4. The van der Waals surface area contributed by atoms with Gasteiger partial charge in [0.15, 0.2) is 5.96 Å². The van der Waals surface area contributed by atoms with Gasteiger partial charge in [0.2, 0.25) is 0 Å². The molecule has 0 saturated carbocycles. The van der Waals surface area contributed by atoms with Crippen molar-refractivity contribution >= 4 is 28.6 Å². The van der Waals surface area contributed by atoms with Crippen molar-refractivity contribution in [3.63, 3.8) is 0 Å². The molecule has 1 unspecified atom stereocenters. The average Bonchev–Trinajstić information content (AvgIpc) is 2.92. The van der Waals surface area contributed by atoms with Crippen LogP contribution in [-0.2, 0) is 13.6 Å². The highest BCUT2D eigenvalue weighted by atomic mass is 35.5. The molecule has 2 aromatic rings. The van der Waals surface area contributed by atoms with Gasteiger partial charge in [-0.15, -0.1) is 0 Å². The number of halogens is 1. The number of rotatable bonds is 2. The van der Waals surface area contributed by atoms with Crippen molar-refractivity contribution in [2.45, 2.75) is 19.5 Å². The molecule has 0 fully saturated rings. The van der Waals surface area contributed by atoms with Gasteiger partial charge in [-0.25, -0.2) is 4.98 Å². The summed E-state index contributed by atoms with van der Waals surface area (Å²) in [5, 5.41) is 7.25. The highest BCUT2D eigenvalue weighted by Gasteiger charge is 2.14. The lowest BCUT2D eigenvalue weighted by molar-refractivity contribution is 0.702. The molecular weight excluding hydrogens is 262 g/mol. The predicted octanol–water partition coefficient (Wildman–Crippen LogP) is 1.66. The lowest BCUT2D eigenvalue weighted by Gasteiger charge is -2.08. The van der Waals surface area contributed by atoms with Gasteiger partial charge in [0.05, 0.1) is 29.1 Å². The van der Waals surface area contributed by atoms with Crippen molar-refractivity contribution in [1.29, 1.82) is 0 Å². The average molecular weight is 278 g/mol. The molecule has 19 heavy (non-hydrogen) atoms. The van der Waals surface area contributed by atoms with Crippen LogP contribution in [0.25, 0.3) is 11.0 Å². The van der Waals surface area contributed by atoms with E-state index in [2.05, 4.69) is 27.5 Å². The van der Waals surface area contributed by atoms with Gasteiger partial charge >= 0.3 is 0 Å². The number of aliphatic imine (C=N–C) groups is 1. The van der Waals surface area contributed by atoms with Gasteiger partial charge < -0.3 is 15.2 Å². The Kier molecular flexibility index (Phi) is 3.06. The fourth-order valence-electron chi connectivity index (χ4n) is 2.25. The molecule has 1 aromatic heterocycles. The maximum atomic E-state index is 6.20. The maximum Gasteiger partial charge on any atom is 0.191 e. The Labute approximate surface area is 116 Å². The largest absolute Gasteiger partial charge is 0.352 e. The van der Waals surface area contributed by atoms with E-state index in [0.717, 1.165) is 34.4 Å². The minimum absolute atomic E-state index is 0.400. The lowest BCUT2D eigenvalue weighted by Crippen LogP contribution is -2.37. The number of aromatic nitrogens is 2. The van der Waals surface area contributed by atoms with E-state index in [9.17, 15) is 0 Å². The molecule has 2 N–H and O–H groups in total. The van der Waals surface area contributed by atoms with Gasteiger partial charge in [-0.3, -0.25) is 4.99 Å². The van der Waals surface area contributed by atoms with Crippen LogP contribution in [0, 0.1) is 0 Å². The quantitative estimate of drug-likeness (QED) is 0.878. The molecule has 0 radical (unpaired) electrons. The molecule has 0 saturated heterocycles. The summed E-state index contributed by atoms with van der Waals surface area (Å²) in [5.74, 6) is 1.78. The summed E-state index contributed by atoms with van der Waals surface area (Å²) in [6.45, 7) is 3.55. The van der Waals surface area contributed by atoms with Crippen LogP contribution in [0.3, 0.4) is 0 Å². The van der Waals surface area contributed by atoms with Crippen LogP contribution in [0.5, 0.6) is 0 Å². The van der Waals surface area contributed by atoms with Crippen LogP contribution >= 0.6 is 11.6 Å². The third-order valence-electron chi connectivity index (χ3n) is 3.26. The molecule has 1 aliphatic rings. The van der Waals surface area contributed by atoms with Gasteiger partial charge in [0.25, 0.3) is 0 Å². The summed E-state index contributed by atoms with van der Waals surface area (Å²) in [4.78, 5) is 8.95. The fraction of sp³-hybridized carbons (Fsp3) is 0.385. The monoisotopic (exact) mass is 277 g/mol. The number of para-hydroxylation sites is 1. The molecule has 6 heteroatoms. The molecule has 0 spiro atoms. The highest BCUT2D eigenvalue weighted by Crippen LogP contribution is 2.23. The number of hydrogen-bond acceptors (Lipinski definition) is 4. The summed E-state index contributed by atoms with van der Waals surface area (Å²) in [7, 11) is 1.98. The Morgan fingerprint density at radius 3 is 3.05 bits per heavy atom. The van der Waals surface area contributed by atoms with E-state index in [0.29, 0.717) is 12.6 Å². The summed E-state index contributed by atoms with van der Waals surface area (Å²) in [5.41, 5.74) is 1.89. The van der Waals surface area contributed by atoms with Crippen LogP contribution in [0.2, 0.25) is 5.02 Å². The molecule has 5 nitrogen and oxygen atoms in total. The third kappa shape index (κ3) is 2.26. The molecule has 1 aliphatic heterocycles. The molecule has 2 heterocycles. The molecule has 100 valence electrons. The topological polar surface area (TPSA) is 54.2 Å². The smallest absolute Gasteiger partial charge is 0.191 e. The first-order valence-corrected chi connectivity index (χ1v) is 6.67. The normalized spacial score (nSPS) is 18.5. The van der Waals surface area contributed by atoms with Crippen LogP contribution in [-0.4, -0.2) is 28.1 Å². The Morgan fingerprint density at radius 1 is 1.53 bits per heavy atom. The first-order valence-electron chi connectivity index (χ1n) is 6.30. The van der Waals surface area contributed by atoms with Crippen molar-refractivity contribution in [1.82, 2.24) is 20.2 Å². The number of nitrogens with zero attached hydrogens (tertiary/aromatic N) is 3. The zero-order valence-corrected chi connectivity index (χ0v) is 11.7. The maximum absolute atomic E-state index is 6.20. The van der Waals surface area contributed by atoms with E-state index in [4.69, 9.17) is 11.6 Å². The van der Waals surface area contributed by atoms with Crippen LogP contribution in [0.1, 0.15) is 12.7 Å². The molecule has 3 rings (SSSR count). The second-order valence-corrected chi connectivity index (χ2v) is 5.19. The summed E-state index contributed by atoms with van der Waals surface area (Å²) < 4.78 is 2.02. The number of hydrogen-bond donors (Lipinski definition) is 2. The number of benzene rings is 1. The number of guanidine groups is 1. The lowest BCUT2D eigenvalue weighted by atomic mass is 10.3. The van der Waals surface area contributed by atoms with Gasteiger partial charge in [-0.05, 0) is 19.1 Å². The van der Waals surface area contributed by atoms with Crippen molar-refractivity contribution < 1.29 is 0 Å². The minimum atomic E-state index is 0.400.